The largest absolute Gasteiger partial charge is 0.471 e. The van der Waals surface area contributed by atoms with Gasteiger partial charge in [-0.2, -0.15) is 0 Å². The molecule has 4 rings (SSSR count). The molecule has 0 bridgehead atoms. The maximum absolute atomic E-state index is 12.8. The molecule has 8 nitrogen and oxygen atoms in total. The third-order valence-corrected chi connectivity index (χ3v) is 5.32. The Hall–Kier alpha value is -3.16. The van der Waals surface area contributed by atoms with Crippen LogP contribution >= 0.6 is 0 Å². The average Bonchev–Trinajstić information content (AvgIpc) is 3.10. The first-order valence-electron chi connectivity index (χ1n) is 9.94. The van der Waals surface area contributed by atoms with Gasteiger partial charge in [0, 0.05) is 37.7 Å². The molecule has 8 heteroatoms. The maximum Gasteiger partial charge on any atom is 0.325 e. The van der Waals surface area contributed by atoms with E-state index in [1.807, 2.05) is 31.2 Å². The zero-order chi connectivity index (χ0) is 20.2. The minimum Gasteiger partial charge on any atom is -0.471 e. The number of benzene rings is 1. The predicted molar refractivity (Wildman–Crippen MR) is 108 cm³/mol. The molecule has 152 valence electrons. The van der Waals surface area contributed by atoms with Crippen molar-refractivity contribution < 1.29 is 14.3 Å². The molecular weight excluding hydrogens is 370 g/mol. The summed E-state index contributed by atoms with van der Waals surface area (Å²) in [6, 6.07) is 7.74. The molecule has 0 N–H and O–H groups in total. The van der Waals surface area contributed by atoms with Gasteiger partial charge in [0.25, 0.3) is 0 Å². The number of rotatable bonds is 5. The van der Waals surface area contributed by atoms with Gasteiger partial charge in [-0.3, -0.25) is 14.7 Å². The van der Waals surface area contributed by atoms with Crippen molar-refractivity contribution in [3.05, 3.63) is 48.4 Å². The van der Waals surface area contributed by atoms with E-state index in [2.05, 4.69) is 9.97 Å². The van der Waals surface area contributed by atoms with Crippen molar-refractivity contribution >= 4 is 17.6 Å². The normalized spacial score (nSPS) is 19.6. The minimum atomic E-state index is -0.119. The smallest absolute Gasteiger partial charge is 0.325 e. The first-order chi connectivity index (χ1) is 14.1. The lowest BCUT2D eigenvalue weighted by Crippen LogP contribution is -2.48. The van der Waals surface area contributed by atoms with Crippen molar-refractivity contribution in [2.45, 2.75) is 25.9 Å². The lowest BCUT2D eigenvalue weighted by atomic mass is 10.1. The van der Waals surface area contributed by atoms with Gasteiger partial charge in [0.2, 0.25) is 11.8 Å². The first-order valence-corrected chi connectivity index (χ1v) is 9.94. The fraction of sp³-hybridized carbons (Fsp3) is 0.429. The second-order valence-electron chi connectivity index (χ2n) is 7.46. The molecule has 2 fully saturated rings. The molecule has 3 amide bonds. The molecule has 29 heavy (non-hydrogen) atoms. The van der Waals surface area contributed by atoms with Crippen molar-refractivity contribution in [2.75, 3.05) is 37.6 Å². The molecule has 2 saturated heterocycles. The van der Waals surface area contributed by atoms with Gasteiger partial charge in [-0.1, -0.05) is 17.7 Å². The molecule has 0 aliphatic carbocycles. The van der Waals surface area contributed by atoms with Crippen LogP contribution in [0.4, 0.5) is 10.5 Å². The second kappa shape index (κ2) is 8.46. The van der Waals surface area contributed by atoms with Crippen LogP contribution in [0.25, 0.3) is 0 Å². The van der Waals surface area contributed by atoms with E-state index in [4.69, 9.17) is 4.74 Å². The van der Waals surface area contributed by atoms with Crippen LogP contribution in [0.1, 0.15) is 18.4 Å². The van der Waals surface area contributed by atoms with Gasteiger partial charge in [-0.05, 0) is 31.9 Å². The third-order valence-electron chi connectivity index (χ3n) is 5.32. The molecule has 1 aromatic carbocycles. The summed E-state index contributed by atoms with van der Waals surface area (Å²) < 4.78 is 5.86. The van der Waals surface area contributed by atoms with Gasteiger partial charge in [0.15, 0.2) is 0 Å². The van der Waals surface area contributed by atoms with Crippen molar-refractivity contribution in [3.8, 4) is 5.88 Å². The highest BCUT2D eigenvalue weighted by Crippen LogP contribution is 2.21. The molecule has 1 unspecified atom stereocenters. The van der Waals surface area contributed by atoms with Gasteiger partial charge in [0.05, 0.1) is 12.7 Å². The van der Waals surface area contributed by atoms with E-state index < -0.39 is 0 Å². The zero-order valence-electron chi connectivity index (χ0n) is 16.5. The molecule has 0 saturated carbocycles. The summed E-state index contributed by atoms with van der Waals surface area (Å²) in [4.78, 5) is 38.8. The van der Waals surface area contributed by atoms with Crippen LogP contribution in [0.15, 0.2) is 42.9 Å². The molecule has 2 aromatic rings. The number of hydrogen-bond acceptors (Lipinski definition) is 5. The number of urea groups is 1. The Morgan fingerprint density at radius 2 is 2.00 bits per heavy atom. The Kier molecular flexibility index (Phi) is 5.59. The van der Waals surface area contributed by atoms with E-state index in [9.17, 15) is 9.59 Å². The van der Waals surface area contributed by atoms with Crippen LogP contribution in [-0.2, 0) is 4.79 Å². The van der Waals surface area contributed by atoms with E-state index in [0.717, 1.165) is 24.1 Å². The summed E-state index contributed by atoms with van der Waals surface area (Å²) in [6.07, 6.45) is 6.37. The van der Waals surface area contributed by atoms with E-state index in [0.29, 0.717) is 32.1 Å². The monoisotopic (exact) mass is 395 g/mol. The number of likely N-dealkylation sites (tertiary alicyclic amines) is 1. The van der Waals surface area contributed by atoms with Crippen LogP contribution in [0.2, 0.25) is 0 Å². The number of hydrogen-bond donors (Lipinski definition) is 0. The highest BCUT2D eigenvalue weighted by atomic mass is 16.5. The number of ether oxygens (including phenoxy) is 1. The molecule has 1 aromatic heterocycles. The van der Waals surface area contributed by atoms with E-state index in [1.54, 1.807) is 33.3 Å². The number of carbonyl (C=O) groups is 2. The maximum atomic E-state index is 12.8. The van der Waals surface area contributed by atoms with Crippen molar-refractivity contribution in [1.29, 1.82) is 0 Å². The topological polar surface area (TPSA) is 78.9 Å². The Bertz CT molecular complexity index is 858. The molecule has 1 atom stereocenters. The molecule has 0 radical (unpaired) electrons. The second-order valence-corrected chi connectivity index (χ2v) is 7.46. The van der Waals surface area contributed by atoms with E-state index >= 15 is 0 Å². The van der Waals surface area contributed by atoms with Crippen molar-refractivity contribution in [1.82, 2.24) is 19.8 Å². The van der Waals surface area contributed by atoms with E-state index in [1.165, 1.54) is 0 Å². The van der Waals surface area contributed by atoms with Gasteiger partial charge in [-0.25, -0.2) is 9.78 Å². The summed E-state index contributed by atoms with van der Waals surface area (Å²) in [6.45, 7) is 4.43. The summed E-state index contributed by atoms with van der Waals surface area (Å²) in [5.74, 6) is 0.423. The standard InChI is InChI=1S/C21H25N5O3/c1-16-4-6-17(7-5-16)26-12-11-25(21(26)28)15-20(27)24-10-2-3-18(14-24)29-19-13-22-8-9-23-19/h4-9,13,18H,2-3,10-12,14-15H2,1H3. The van der Waals surface area contributed by atoms with Gasteiger partial charge >= 0.3 is 6.03 Å². The van der Waals surface area contributed by atoms with Crippen molar-refractivity contribution in [3.63, 3.8) is 0 Å². The van der Waals surface area contributed by atoms with Crippen molar-refractivity contribution in [2.24, 2.45) is 0 Å². The molecule has 2 aliphatic heterocycles. The lowest BCUT2D eigenvalue weighted by molar-refractivity contribution is -0.134. The first kappa shape index (κ1) is 19.2. The number of aryl methyl sites for hydroxylation is 1. The zero-order valence-corrected chi connectivity index (χ0v) is 16.5. The van der Waals surface area contributed by atoms with E-state index in [-0.39, 0.29) is 24.6 Å². The number of aromatic nitrogens is 2. The summed E-state index contributed by atoms with van der Waals surface area (Å²) in [7, 11) is 0. The van der Waals surface area contributed by atoms with Crippen LogP contribution in [0.3, 0.4) is 0 Å². The number of amides is 3. The van der Waals surface area contributed by atoms with Gasteiger partial charge < -0.3 is 14.5 Å². The Morgan fingerprint density at radius 1 is 1.17 bits per heavy atom. The number of carbonyl (C=O) groups excluding carboxylic acids is 2. The molecule has 3 heterocycles. The summed E-state index contributed by atoms with van der Waals surface area (Å²) in [5, 5.41) is 0. The van der Waals surface area contributed by atoms with Gasteiger partial charge in [-0.15, -0.1) is 0 Å². The predicted octanol–water partition coefficient (Wildman–Crippen LogP) is 2.10. The van der Waals surface area contributed by atoms with Crippen LogP contribution in [-0.4, -0.2) is 70.5 Å². The number of piperidine rings is 1. The Balaban J connectivity index is 1.33. The fourth-order valence-corrected chi connectivity index (χ4v) is 3.73. The third kappa shape index (κ3) is 4.47. The lowest BCUT2D eigenvalue weighted by Gasteiger charge is -2.33. The van der Waals surface area contributed by atoms with Gasteiger partial charge in [0.1, 0.15) is 12.6 Å². The average molecular weight is 395 g/mol. The van der Waals surface area contributed by atoms with Crippen LogP contribution in [0, 0.1) is 6.92 Å². The Morgan fingerprint density at radius 3 is 2.76 bits per heavy atom. The van der Waals surface area contributed by atoms with Crippen LogP contribution < -0.4 is 9.64 Å². The Labute approximate surface area is 170 Å². The number of anilines is 1. The SMILES string of the molecule is Cc1ccc(N2CCN(CC(=O)N3CCCC(Oc4cnccn4)C3)C2=O)cc1. The summed E-state index contributed by atoms with van der Waals surface area (Å²) >= 11 is 0. The fourth-order valence-electron chi connectivity index (χ4n) is 3.73. The quantitative estimate of drug-likeness (QED) is 0.775. The molecular formula is C21H25N5O3. The molecule has 2 aliphatic rings. The highest BCUT2D eigenvalue weighted by molar-refractivity contribution is 5.96. The minimum absolute atomic E-state index is 0.0449. The molecule has 0 spiro atoms. The number of nitrogens with zero attached hydrogens (tertiary/aromatic N) is 5. The summed E-state index contributed by atoms with van der Waals surface area (Å²) in [5.41, 5.74) is 2.02. The van der Waals surface area contributed by atoms with Crippen LogP contribution in [0.5, 0.6) is 5.88 Å². The highest BCUT2D eigenvalue weighted by Gasteiger charge is 2.33.